The van der Waals surface area contributed by atoms with Gasteiger partial charge < -0.3 is 15.0 Å². The number of aromatic nitrogens is 1. The molecule has 0 aliphatic heterocycles. The van der Waals surface area contributed by atoms with E-state index < -0.39 is 0 Å². The molecule has 5 heteroatoms. The van der Waals surface area contributed by atoms with E-state index in [0.717, 1.165) is 11.9 Å². The molecule has 2 N–H and O–H groups in total. The highest BCUT2D eigenvalue weighted by Gasteiger charge is 2.08. The third-order valence-corrected chi connectivity index (χ3v) is 3.25. The summed E-state index contributed by atoms with van der Waals surface area (Å²) >= 11 is 0. The fourth-order valence-corrected chi connectivity index (χ4v) is 2.21. The number of nitrogens with one attached hydrogen (secondary N) is 2. The van der Waals surface area contributed by atoms with E-state index in [4.69, 9.17) is 4.74 Å². The minimum absolute atomic E-state index is 0.122. The SMILES string of the molecule is CCOC(=O)CCC(=O)NCCc1c[nH]c2ccccc12. The van der Waals surface area contributed by atoms with Gasteiger partial charge in [0.2, 0.25) is 5.91 Å². The summed E-state index contributed by atoms with van der Waals surface area (Å²) in [6, 6.07) is 8.07. The van der Waals surface area contributed by atoms with E-state index >= 15 is 0 Å². The molecule has 0 fully saturated rings. The molecular weight excluding hydrogens is 268 g/mol. The number of ether oxygens (including phenoxy) is 1. The third kappa shape index (κ3) is 4.34. The van der Waals surface area contributed by atoms with E-state index in [9.17, 15) is 9.59 Å². The Morgan fingerprint density at radius 2 is 2.05 bits per heavy atom. The largest absolute Gasteiger partial charge is 0.466 e. The van der Waals surface area contributed by atoms with E-state index in [1.54, 1.807) is 6.92 Å². The van der Waals surface area contributed by atoms with Crippen molar-refractivity contribution in [3.63, 3.8) is 0 Å². The first-order valence-corrected chi connectivity index (χ1v) is 7.18. The van der Waals surface area contributed by atoms with Crippen LogP contribution < -0.4 is 5.32 Å². The van der Waals surface area contributed by atoms with Crippen LogP contribution in [-0.4, -0.2) is 30.0 Å². The van der Waals surface area contributed by atoms with Crippen LogP contribution in [0.25, 0.3) is 10.9 Å². The molecule has 2 rings (SSSR count). The Balaban J connectivity index is 1.74. The van der Waals surface area contributed by atoms with Gasteiger partial charge in [0.25, 0.3) is 0 Å². The molecule has 0 bridgehead atoms. The number of carbonyl (C=O) groups excluding carboxylic acids is 2. The van der Waals surface area contributed by atoms with Gasteiger partial charge in [0.1, 0.15) is 0 Å². The van der Waals surface area contributed by atoms with Crippen molar-refractivity contribution in [1.29, 1.82) is 0 Å². The van der Waals surface area contributed by atoms with Crippen molar-refractivity contribution in [2.75, 3.05) is 13.2 Å². The lowest BCUT2D eigenvalue weighted by molar-refractivity contribution is -0.144. The number of rotatable bonds is 7. The number of carbonyl (C=O) groups is 2. The van der Waals surface area contributed by atoms with E-state index in [1.165, 1.54) is 10.9 Å². The number of benzene rings is 1. The Bertz CT molecular complexity index is 619. The predicted molar refractivity (Wildman–Crippen MR) is 80.9 cm³/mol. The summed E-state index contributed by atoms with van der Waals surface area (Å²) in [5.41, 5.74) is 2.28. The lowest BCUT2D eigenvalue weighted by atomic mass is 10.1. The first kappa shape index (κ1) is 15.1. The van der Waals surface area contributed by atoms with Crippen molar-refractivity contribution in [1.82, 2.24) is 10.3 Å². The molecule has 0 radical (unpaired) electrons. The molecule has 1 amide bonds. The van der Waals surface area contributed by atoms with Gasteiger partial charge in [-0.15, -0.1) is 0 Å². The maximum Gasteiger partial charge on any atom is 0.306 e. The summed E-state index contributed by atoms with van der Waals surface area (Å²) in [7, 11) is 0. The topological polar surface area (TPSA) is 71.2 Å². The molecule has 0 saturated carbocycles. The second-order valence-corrected chi connectivity index (χ2v) is 4.76. The zero-order valence-electron chi connectivity index (χ0n) is 12.1. The predicted octanol–water partition coefficient (Wildman–Crippen LogP) is 2.17. The summed E-state index contributed by atoms with van der Waals surface area (Å²) in [5.74, 6) is -0.452. The monoisotopic (exact) mass is 288 g/mol. The molecule has 5 nitrogen and oxygen atoms in total. The average molecular weight is 288 g/mol. The van der Waals surface area contributed by atoms with Gasteiger partial charge in [0.05, 0.1) is 13.0 Å². The van der Waals surface area contributed by atoms with Gasteiger partial charge in [-0.1, -0.05) is 18.2 Å². The molecular formula is C16H20N2O3. The summed E-state index contributed by atoms with van der Waals surface area (Å²) in [6.07, 6.45) is 3.03. The number of aromatic amines is 1. The van der Waals surface area contributed by atoms with Gasteiger partial charge >= 0.3 is 5.97 Å². The molecule has 112 valence electrons. The third-order valence-electron chi connectivity index (χ3n) is 3.25. The Morgan fingerprint density at radius 1 is 1.24 bits per heavy atom. The van der Waals surface area contributed by atoms with Crippen LogP contribution in [0.3, 0.4) is 0 Å². The molecule has 1 aromatic heterocycles. The quantitative estimate of drug-likeness (QED) is 0.767. The van der Waals surface area contributed by atoms with Crippen molar-refractivity contribution in [2.24, 2.45) is 0 Å². The van der Waals surface area contributed by atoms with E-state index in [0.29, 0.717) is 13.2 Å². The van der Waals surface area contributed by atoms with Crippen LogP contribution in [-0.2, 0) is 20.7 Å². The highest BCUT2D eigenvalue weighted by Crippen LogP contribution is 2.17. The lowest BCUT2D eigenvalue weighted by Crippen LogP contribution is -2.26. The average Bonchev–Trinajstić information content (AvgIpc) is 2.89. The highest BCUT2D eigenvalue weighted by atomic mass is 16.5. The van der Waals surface area contributed by atoms with Crippen LogP contribution in [0.4, 0.5) is 0 Å². The first-order valence-electron chi connectivity index (χ1n) is 7.18. The molecule has 0 atom stereocenters. The van der Waals surface area contributed by atoms with E-state index in [1.807, 2.05) is 24.4 Å². The number of hydrogen-bond acceptors (Lipinski definition) is 3. The molecule has 21 heavy (non-hydrogen) atoms. The lowest BCUT2D eigenvalue weighted by Gasteiger charge is -2.05. The van der Waals surface area contributed by atoms with Gasteiger partial charge in [-0.05, 0) is 25.0 Å². The first-order chi connectivity index (χ1) is 10.2. The number of H-pyrrole nitrogens is 1. The summed E-state index contributed by atoms with van der Waals surface area (Å²) in [5, 5.41) is 4.00. The Kier molecular flexibility index (Phi) is 5.37. The second-order valence-electron chi connectivity index (χ2n) is 4.76. The summed E-state index contributed by atoms with van der Waals surface area (Å²) in [4.78, 5) is 26.0. The smallest absolute Gasteiger partial charge is 0.306 e. The van der Waals surface area contributed by atoms with Gasteiger partial charge in [0, 0.05) is 30.1 Å². The fraction of sp³-hybridized carbons (Fsp3) is 0.375. The van der Waals surface area contributed by atoms with Crippen molar-refractivity contribution in [2.45, 2.75) is 26.2 Å². The molecule has 1 heterocycles. The van der Waals surface area contributed by atoms with Gasteiger partial charge in [-0.2, -0.15) is 0 Å². The van der Waals surface area contributed by atoms with Crippen LogP contribution in [0.5, 0.6) is 0 Å². The summed E-state index contributed by atoms with van der Waals surface area (Å²) < 4.78 is 4.78. The van der Waals surface area contributed by atoms with Gasteiger partial charge in [-0.3, -0.25) is 9.59 Å². The molecule has 0 unspecified atom stereocenters. The highest BCUT2D eigenvalue weighted by molar-refractivity contribution is 5.83. The van der Waals surface area contributed by atoms with Crippen LogP contribution in [0, 0.1) is 0 Å². The number of amides is 1. The fourth-order valence-electron chi connectivity index (χ4n) is 2.21. The Morgan fingerprint density at radius 3 is 2.86 bits per heavy atom. The number of hydrogen-bond donors (Lipinski definition) is 2. The standard InChI is InChI=1S/C16H20N2O3/c1-2-21-16(20)8-7-15(19)17-10-9-12-11-18-14-6-4-3-5-13(12)14/h3-6,11,18H,2,7-10H2,1H3,(H,17,19). The second kappa shape index (κ2) is 7.47. The van der Waals surface area contributed by atoms with Crippen LogP contribution in [0.1, 0.15) is 25.3 Å². The van der Waals surface area contributed by atoms with Crippen molar-refractivity contribution >= 4 is 22.8 Å². The minimum Gasteiger partial charge on any atom is -0.466 e. The van der Waals surface area contributed by atoms with E-state index in [2.05, 4.69) is 16.4 Å². The number of para-hydroxylation sites is 1. The molecule has 2 aromatic rings. The number of fused-ring (bicyclic) bond motifs is 1. The van der Waals surface area contributed by atoms with Crippen molar-refractivity contribution < 1.29 is 14.3 Å². The van der Waals surface area contributed by atoms with Crippen LogP contribution >= 0.6 is 0 Å². The minimum atomic E-state index is -0.329. The van der Waals surface area contributed by atoms with Crippen LogP contribution in [0.2, 0.25) is 0 Å². The van der Waals surface area contributed by atoms with Crippen LogP contribution in [0.15, 0.2) is 30.5 Å². The Hall–Kier alpha value is -2.30. The summed E-state index contributed by atoms with van der Waals surface area (Å²) in [6.45, 7) is 2.66. The zero-order valence-corrected chi connectivity index (χ0v) is 12.1. The molecule has 0 saturated heterocycles. The maximum atomic E-state index is 11.6. The molecule has 0 aliphatic rings. The zero-order chi connectivity index (χ0) is 15.1. The van der Waals surface area contributed by atoms with Crippen molar-refractivity contribution in [3.05, 3.63) is 36.0 Å². The van der Waals surface area contributed by atoms with Gasteiger partial charge in [0.15, 0.2) is 0 Å². The molecule has 0 spiro atoms. The number of esters is 1. The van der Waals surface area contributed by atoms with Crippen molar-refractivity contribution in [3.8, 4) is 0 Å². The van der Waals surface area contributed by atoms with E-state index in [-0.39, 0.29) is 24.7 Å². The molecule has 0 aliphatic carbocycles. The normalized spacial score (nSPS) is 10.5. The van der Waals surface area contributed by atoms with Gasteiger partial charge in [-0.25, -0.2) is 0 Å². The maximum absolute atomic E-state index is 11.6. The Labute approximate surface area is 123 Å². The molecule has 1 aromatic carbocycles.